The molecule has 0 radical (unpaired) electrons. The van der Waals surface area contributed by atoms with Crippen molar-refractivity contribution in [2.45, 2.75) is 13.0 Å². The number of nitro benzene ring substituents is 1. The average molecular weight is 335 g/mol. The van der Waals surface area contributed by atoms with Gasteiger partial charge in [0.2, 0.25) is 0 Å². The number of nitrogens with zero attached hydrogens (tertiary/aromatic N) is 1. The van der Waals surface area contributed by atoms with E-state index in [-0.39, 0.29) is 35.0 Å². The van der Waals surface area contributed by atoms with Gasteiger partial charge in [0.25, 0.3) is 5.91 Å². The van der Waals surface area contributed by atoms with E-state index in [4.69, 9.17) is 16.3 Å². The van der Waals surface area contributed by atoms with Crippen LogP contribution in [-0.2, 0) is 4.79 Å². The smallest absolute Gasteiger partial charge is 0.312 e. The summed E-state index contributed by atoms with van der Waals surface area (Å²) in [6.07, 6.45) is 0. The second-order valence-corrected chi connectivity index (χ2v) is 5.29. The summed E-state index contributed by atoms with van der Waals surface area (Å²) in [6, 6.07) is 13.3. The summed E-state index contributed by atoms with van der Waals surface area (Å²) in [7, 11) is 0. The zero-order valence-corrected chi connectivity index (χ0v) is 13.1. The molecule has 0 spiro atoms. The zero-order chi connectivity index (χ0) is 16.8. The SMILES string of the molecule is C[C@@H](NC(=O)COc1ccc(Cl)cc1[N+](=O)[O-])c1ccccc1. The Morgan fingerprint density at radius 2 is 2.00 bits per heavy atom. The number of carbonyl (C=O) groups is 1. The lowest BCUT2D eigenvalue weighted by Gasteiger charge is -2.14. The van der Waals surface area contributed by atoms with Crippen molar-refractivity contribution >= 4 is 23.2 Å². The van der Waals surface area contributed by atoms with Crippen LogP contribution in [0, 0.1) is 10.1 Å². The molecule has 0 aliphatic rings. The molecule has 0 aromatic heterocycles. The Morgan fingerprint density at radius 1 is 1.30 bits per heavy atom. The number of nitro groups is 1. The van der Waals surface area contributed by atoms with Crippen molar-refractivity contribution in [3.8, 4) is 5.75 Å². The monoisotopic (exact) mass is 334 g/mol. The Kier molecular flexibility index (Phi) is 5.54. The van der Waals surface area contributed by atoms with Gasteiger partial charge in [-0.1, -0.05) is 41.9 Å². The van der Waals surface area contributed by atoms with Gasteiger partial charge in [0.05, 0.1) is 11.0 Å². The predicted octanol–water partition coefficient (Wildman–Crippen LogP) is 3.50. The summed E-state index contributed by atoms with van der Waals surface area (Å²) >= 11 is 5.72. The molecule has 2 rings (SSSR count). The van der Waals surface area contributed by atoms with E-state index >= 15 is 0 Å². The molecule has 0 unspecified atom stereocenters. The van der Waals surface area contributed by atoms with Crippen LogP contribution in [-0.4, -0.2) is 17.4 Å². The molecular weight excluding hydrogens is 320 g/mol. The van der Waals surface area contributed by atoms with Crippen LogP contribution in [0.15, 0.2) is 48.5 Å². The van der Waals surface area contributed by atoms with E-state index in [0.29, 0.717) is 0 Å². The van der Waals surface area contributed by atoms with E-state index in [9.17, 15) is 14.9 Å². The molecule has 2 aromatic carbocycles. The van der Waals surface area contributed by atoms with Gasteiger partial charge < -0.3 is 10.1 Å². The molecule has 7 heteroatoms. The zero-order valence-electron chi connectivity index (χ0n) is 12.4. The first kappa shape index (κ1) is 16.8. The Labute approximate surface area is 138 Å². The van der Waals surface area contributed by atoms with Gasteiger partial charge in [-0.15, -0.1) is 0 Å². The van der Waals surface area contributed by atoms with Gasteiger partial charge in [-0.3, -0.25) is 14.9 Å². The van der Waals surface area contributed by atoms with Gasteiger partial charge in [0, 0.05) is 11.1 Å². The van der Waals surface area contributed by atoms with E-state index in [1.165, 1.54) is 18.2 Å². The highest BCUT2D eigenvalue weighted by Gasteiger charge is 2.17. The first-order chi connectivity index (χ1) is 11.0. The number of rotatable bonds is 6. The maximum absolute atomic E-state index is 11.9. The molecule has 120 valence electrons. The topological polar surface area (TPSA) is 81.5 Å². The lowest BCUT2D eigenvalue weighted by atomic mass is 10.1. The van der Waals surface area contributed by atoms with Crippen LogP contribution in [0.3, 0.4) is 0 Å². The first-order valence-electron chi connectivity index (χ1n) is 6.88. The summed E-state index contributed by atoms with van der Waals surface area (Å²) < 4.78 is 5.24. The van der Waals surface area contributed by atoms with Crippen molar-refractivity contribution in [3.63, 3.8) is 0 Å². The number of hydrogen-bond donors (Lipinski definition) is 1. The molecule has 1 N–H and O–H groups in total. The quantitative estimate of drug-likeness (QED) is 0.647. The van der Waals surface area contributed by atoms with Crippen LogP contribution in [0.4, 0.5) is 5.69 Å². The highest BCUT2D eigenvalue weighted by atomic mass is 35.5. The fraction of sp³-hybridized carbons (Fsp3) is 0.188. The van der Waals surface area contributed by atoms with Gasteiger partial charge in [0.1, 0.15) is 0 Å². The lowest BCUT2D eigenvalue weighted by Crippen LogP contribution is -2.31. The van der Waals surface area contributed by atoms with Crippen LogP contribution in [0.5, 0.6) is 5.75 Å². The lowest BCUT2D eigenvalue weighted by molar-refractivity contribution is -0.385. The molecule has 0 saturated carbocycles. The van der Waals surface area contributed by atoms with Crippen LogP contribution in [0.25, 0.3) is 0 Å². The van der Waals surface area contributed by atoms with E-state index in [0.717, 1.165) is 5.56 Å². The van der Waals surface area contributed by atoms with Gasteiger partial charge in [-0.2, -0.15) is 0 Å². The molecule has 6 nitrogen and oxygen atoms in total. The molecule has 0 heterocycles. The first-order valence-corrected chi connectivity index (χ1v) is 7.26. The average Bonchev–Trinajstić information content (AvgIpc) is 2.54. The van der Waals surface area contributed by atoms with Crippen LogP contribution >= 0.6 is 11.6 Å². The van der Waals surface area contributed by atoms with E-state index < -0.39 is 4.92 Å². The number of carbonyl (C=O) groups excluding carboxylic acids is 1. The second kappa shape index (κ2) is 7.60. The Hall–Kier alpha value is -2.60. The van der Waals surface area contributed by atoms with Crippen LogP contribution < -0.4 is 10.1 Å². The number of hydrogen-bond acceptors (Lipinski definition) is 4. The Balaban J connectivity index is 1.96. The van der Waals surface area contributed by atoms with Crippen molar-refractivity contribution in [2.24, 2.45) is 0 Å². The molecule has 0 bridgehead atoms. The van der Waals surface area contributed by atoms with Crippen molar-refractivity contribution in [2.75, 3.05) is 6.61 Å². The maximum Gasteiger partial charge on any atom is 0.312 e. The molecule has 2 aromatic rings. The third-order valence-corrected chi connectivity index (χ3v) is 3.39. The fourth-order valence-corrected chi connectivity index (χ4v) is 2.17. The van der Waals surface area contributed by atoms with Crippen molar-refractivity contribution in [3.05, 3.63) is 69.2 Å². The number of halogens is 1. The van der Waals surface area contributed by atoms with Crippen molar-refractivity contribution in [1.29, 1.82) is 0 Å². The molecule has 1 amide bonds. The maximum atomic E-state index is 11.9. The summed E-state index contributed by atoms with van der Waals surface area (Å²) in [5.41, 5.74) is 0.680. The fourth-order valence-electron chi connectivity index (χ4n) is 2.01. The third kappa shape index (κ3) is 4.69. The molecule has 0 fully saturated rings. The predicted molar refractivity (Wildman–Crippen MR) is 86.6 cm³/mol. The van der Waals surface area contributed by atoms with Gasteiger partial charge >= 0.3 is 5.69 Å². The van der Waals surface area contributed by atoms with Gasteiger partial charge in [-0.25, -0.2) is 0 Å². The molecule has 23 heavy (non-hydrogen) atoms. The van der Waals surface area contributed by atoms with Crippen molar-refractivity contribution < 1.29 is 14.5 Å². The minimum Gasteiger partial charge on any atom is -0.477 e. The molecule has 0 aliphatic carbocycles. The summed E-state index contributed by atoms with van der Waals surface area (Å²) in [6.45, 7) is 1.53. The number of ether oxygens (including phenoxy) is 1. The van der Waals surface area contributed by atoms with Crippen LogP contribution in [0.2, 0.25) is 5.02 Å². The van der Waals surface area contributed by atoms with E-state index in [1.807, 2.05) is 37.3 Å². The Morgan fingerprint density at radius 3 is 2.65 bits per heavy atom. The number of nitrogens with one attached hydrogen (secondary N) is 1. The number of benzene rings is 2. The standard InChI is InChI=1S/C16H15ClN2O4/c1-11(12-5-3-2-4-6-12)18-16(20)10-23-15-8-7-13(17)9-14(15)19(21)22/h2-9,11H,10H2,1H3,(H,18,20)/t11-/m1/s1. The Bertz CT molecular complexity index is 706. The van der Waals surface area contributed by atoms with E-state index in [2.05, 4.69) is 5.32 Å². The second-order valence-electron chi connectivity index (χ2n) is 4.86. The summed E-state index contributed by atoms with van der Waals surface area (Å²) in [5, 5.41) is 13.9. The minimum atomic E-state index is -0.605. The van der Waals surface area contributed by atoms with Gasteiger partial charge in [-0.05, 0) is 24.6 Å². The normalized spacial score (nSPS) is 11.6. The van der Waals surface area contributed by atoms with Gasteiger partial charge in [0.15, 0.2) is 12.4 Å². The highest BCUT2D eigenvalue weighted by Crippen LogP contribution is 2.29. The largest absolute Gasteiger partial charge is 0.477 e. The molecule has 1 atom stereocenters. The molecule has 0 aliphatic heterocycles. The number of amides is 1. The van der Waals surface area contributed by atoms with Crippen molar-refractivity contribution in [1.82, 2.24) is 5.32 Å². The summed E-state index contributed by atoms with van der Waals surface area (Å²) in [4.78, 5) is 22.3. The third-order valence-electron chi connectivity index (χ3n) is 3.15. The summed E-state index contributed by atoms with van der Waals surface area (Å²) in [5.74, 6) is -0.368. The van der Waals surface area contributed by atoms with E-state index in [1.54, 1.807) is 0 Å². The minimum absolute atomic E-state index is 0.00177. The highest BCUT2D eigenvalue weighted by molar-refractivity contribution is 6.30. The molecule has 0 saturated heterocycles. The van der Waals surface area contributed by atoms with Crippen LogP contribution in [0.1, 0.15) is 18.5 Å². The molecular formula is C16H15ClN2O4.